The van der Waals surface area contributed by atoms with Crippen LogP contribution in [-0.4, -0.2) is 31.2 Å². The molecule has 1 aliphatic rings. The Morgan fingerprint density at radius 2 is 2.04 bits per heavy atom. The summed E-state index contributed by atoms with van der Waals surface area (Å²) in [4.78, 5) is 13.9. The van der Waals surface area contributed by atoms with Gasteiger partial charge in [-0.15, -0.1) is 0 Å². The molecule has 1 heterocycles. The second-order valence-electron chi connectivity index (χ2n) is 5.53. The van der Waals surface area contributed by atoms with E-state index < -0.39 is 5.82 Å². The highest BCUT2D eigenvalue weighted by Crippen LogP contribution is 2.32. The lowest BCUT2D eigenvalue weighted by atomic mass is 10.2. The van der Waals surface area contributed by atoms with E-state index in [2.05, 4.69) is 21.2 Å². The number of anilines is 1. The van der Waals surface area contributed by atoms with Gasteiger partial charge in [-0.1, -0.05) is 22.0 Å². The maximum absolute atomic E-state index is 13.7. The number of carbonyl (C=O) groups is 1. The first-order valence-corrected chi connectivity index (χ1v) is 8.12. The quantitative estimate of drug-likeness (QED) is 0.844. The van der Waals surface area contributed by atoms with E-state index in [1.165, 1.54) is 12.1 Å². The van der Waals surface area contributed by atoms with Crippen molar-refractivity contribution in [3.63, 3.8) is 0 Å². The highest BCUT2D eigenvalue weighted by Gasteiger charge is 2.15. The summed E-state index contributed by atoms with van der Waals surface area (Å²) < 4.78 is 25.0. The van der Waals surface area contributed by atoms with Gasteiger partial charge in [0.25, 0.3) is 0 Å². The molecule has 24 heavy (non-hydrogen) atoms. The van der Waals surface area contributed by atoms with Crippen LogP contribution in [0.15, 0.2) is 40.9 Å². The fraction of sp³-hybridized carbons (Fsp3) is 0.235. The molecule has 0 unspecified atom stereocenters. The van der Waals surface area contributed by atoms with Crippen molar-refractivity contribution in [1.82, 2.24) is 4.90 Å². The molecule has 1 amide bonds. The third kappa shape index (κ3) is 4.04. The molecule has 5 nitrogen and oxygen atoms in total. The zero-order chi connectivity index (χ0) is 17.1. The van der Waals surface area contributed by atoms with Gasteiger partial charge in [0.2, 0.25) is 12.7 Å². The minimum Gasteiger partial charge on any atom is -0.454 e. The van der Waals surface area contributed by atoms with Crippen LogP contribution in [-0.2, 0) is 11.3 Å². The first-order valence-electron chi connectivity index (χ1n) is 7.33. The van der Waals surface area contributed by atoms with E-state index in [1.807, 2.05) is 30.1 Å². The Hall–Kier alpha value is -2.12. The number of nitrogens with one attached hydrogen (secondary N) is 1. The number of ether oxygens (including phenoxy) is 2. The van der Waals surface area contributed by atoms with E-state index in [9.17, 15) is 9.18 Å². The van der Waals surface area contributed by atoms with E-state index in [-0.39, 0.29) is 24.9 Å². The molecule has 3 rings (SSSR count). The molecule has 0 atom stereocenters. The third-order valence-electron chi connectivity index (χ3n) is 3.51. The molecule has 0 fully saturated rings. The lowest BCUT2D eigenvalue weighted by Crippen LogP contribution is -2.30. The number of fused-ring (bicyclic) bond motifs is 1. The predicted molar refractivity (Wildman–Crippen MR) is 91.6 cm³/mol. The molecular weight excluding hydrogens is 379 g/mol. The molecule has 2 aromatic rings. The average molecular weight is 395 g/mol. The van der Waals surface area contributed by atoms with Crippen LogP contribution >= 0.6 is 15.9 Å². The van der Waals surface area contributed by atoms with E-state index in [4.69, 9.17) is 9.47 Å². The van der Waals surface area contributed by atoms with Crippen LogP contribution < -0.4 is 14.8 Å². The highest BCUT2D eigenvalue weighted by molar-refractivity contribution is 9.10. The maximum atomic E-state index is 13.7. The van der Waals surface area contributed by atoms with Gasteiger partial charge >= 0.3 is 0 Å². The lowest BCUT2D eigenvalue weighted by Gasteiger charge is -2.17. The molecular formula is C17H16BrFN2O3. The van der Waals surface area contributed by atoms with Gasteiger partial charge < -0.3 is 14.8 Å². The largest absolute Gasteiger partial charge is 0.454 e. The van der Waals surface area contributed by atoms with Crippen LogP contribution in [0.4, 0.5) is 10.1 Å². The average Bonchev–Trinajstić information content (AvgIpc) is 2.97. The van der Waals surface area contributed by atoms with E-state index in [0.29, 0.717) is 16.8 Å². The number of amides is 1. The Kier molecular flexibility index (Phi) is 5.01. The first-order chi connectivity index (χ1) is 11.5. The number of hydrogen-bond acceptors (Lipinski definition) is 4. The van der Waals surface area contributed by atoms with Crippen LogP contribution in [0, 0.1) is 5.82 Å². The summed E-state index contributed by atoms with van der Waals surface area (Å²) in [6.45, 7) is 0.937. The molecule has 0 radical (unpaired) electrons. The van der Waals surface area contributed by atoms with Gasteiger partial charge in [-0.2, -0.15) is 0 Å². The Morgan fingerprint density at radius 3 is 2.83 bits per heavy atom. The minimum absolute atomic E-state index is 0.143. The molecule has 126 valence electrons. The van der Waals surface area contributed by atoms with Gasteiger partial charge in [-0.25, -0.2) is 4.39 Å². The second kappa shape index (κ2) is 7.19. The maximum Gasteiger partial charge on any atom is 0.238 e. The Morgan fingerprint density at radius 1 is 1.25 bits per heavy atom. The molecule has 0 saturated carbocycles. The number of halogens is 2. The van der Waals surface area contributed by atoms with Crippen molar-refractivity contribution in [3.8, 4) is 11.5 Å². The van der Waals surface area contributed by atoms with Gasteiger partial charge in [-0.3, -0.25) is 9.69 Å². The monoisotopic (exact) mass is 394 g/mol. The van der Waals surface area contributed by atoms with Gasteiger partial charge in [0.05, 0.1) is 12.2 Å². The van der Waals surface area contributed by atoms with Crippen molar-refractivity contribution in [3.05, 3.63) is 52.3 Å². The number of benzene rings is 2. The van der Waals surface area contributed by atoms with E-state index in [0.717, 1.165) is 11.3 Å². The topological polar surface area (TPSA) is 50.8 Å². The normalized spacial score (nSPS) is 12.5. The number of nitrogens with zero attached hydrogens (tertiary/aromatic N) is 1. The first kappa shape index (κ1) is 16.7. The molecule has 2 aromatic carbocycles. The smallest absolute Gasteiger partial charge is 0.238 e. The number of likely N-dealkylation sites (N-methyl/N-ethyl adjacent to an activating group) is 1. The van der Waals surface area contributed by atoms with Crippen LogP contribution in [0.2, 0.25) is 0 Å². The van der Waals surface area contributed by atoms with Crippen molar-refractivity contribution in [2.45, 2.75) is 6.54 Å². The van der Waals surface area contributed by atoms with Gasteiger partial charge in [0.15, 0.2) is 11.5 Å². The Bertz CT molecular complexity index is 769. The van der Waals surface area contributed by atoms with Gasteiger partial charge in [-0.05, 0) is 42.9 Å². The van der Waals surface area contributed by atoms with Crippen LogP contribution in [0.5, 0.6) is 11.5 Å². The fourth-order valence-electron chi connectivity index (χ4n) is 2.43. The summed E-state index contributed by atoms with van der Waals surface area (Å²) >= 11 is 3.18. The molecule has 0 aromatic heterocycles. The molecule has 1 aliphatic heterocycles. The fourth-order valence-corrected chi connectivity index (χ4v) is 2.77. The van der Waals surface area contributed by atoms with Crippen LogP contribution in [0.1, 0.15) is 5.56 Å². The standard InChI is InChI=1S/C17H16BrFN2O3/c1-21(8-11-2-5-15-16(6-11)24-10-23-15)9-17(22)20-14-4-3-12(18)7-13(14)19/h2-7H,8-10H2,1H3,(H,20,22). The second-order valence-corrected chi connectivity index (χ2v) is 6.45. The third-order valence-corrected chi connectivity index (χ3v) is 4.00. The van der Waals surface area contributed by atoms with Crippen molar-refractivity contribution in [2.75, 3.05) is 25.7 Å². The number of rotatable bonds is 5. The van der Waals surface area contributed by atoms with Crippen molar-refractivity contribution in [1.29, 1.82) is 0 Å². The zero-order valence-corrected chi connectivity index (χ0v) is 14.6. The minimum atomic E-state index is -0.476. The summed E-state index contributed by atoms with van der Waals surface area (Å²) in [6, 6.07) is 10.2. The zero-order valence-electron chi connectivity index (χ0n) is 13.0. The predicted octanol–water partition coefficient (Wildman–Crippen LogP) is 3.39. The lowest BCUT2D eigenvalue weighted by molar-refractivity contribution is -0.117. The van der Waals surface area contributed by atoms with E-state index >= 15 is 0 Å². The molecule has 0 bridgehead atoms. The summed E-state index contributed by atoms with van der Waals surface area (Å²) in [5, 5.41) is 2.57. The summed E-state index contributed by atoms with van der Waals surface area (Å²) in [7, 11) is 1.82. The number of carbonyl (C=O) groups excluding carboxylic acids is 1. The molecule has 0 saturated heterocycles. The van der Waals surface area contributed by atoms with Crippen molar-refractivity contribution >= 4 is 27.5 Å². The summed E-state index contributed by atoms with van der Waals surface area (Å²) in [5.41, 5.74) is 1.17. The molecule has 0 aliphatic carbocycles. The van der Waals surface area contributed by atoms with Crippen LogP contribution in [0.25, 0.3) is 0 Å². The van der Waals surface area contributed by atoms with Crippen LogP contribution in [0.3, 0.4) is 0 Å². The Labute approximate surface area is 147 Å². The summed E-state index contributed by atoms with van der Waals surface area (Å²) in [6.07, 6.45) is 0. The number of hydrogen-bond donors (Lipinski definition) is 1. The Balaban J connectivity index is 1.56. The van der Waals surface area contributed by atoms with Crippen molar-refractivity contribution < 1.29 is 18.7 Å². The van der Waals surface area contributed by atoms with Gasteiger partial charge in [0, 0.05) is 11.0 Å². The molecule has 0 spiro atoms. The summed E-state index contributed by atoms with van der Waals surface area (Å²) in [5.74, 6) is 0.683. The SMILES string of the molecule is CN(CC(=O)Nc1ccc(Br)cc1F)Cc1ccc2c(c1)OCO2. The van der Waals surface area contributed by atoms with E-state index in [1.54, 1.807) is 6.07 Å². The molecule has 7 heteroatoms. The van der Waals surface area contributed by atoms with Crippen molar-refractivity contribution in [2.24, 2.45) is 0 Å². The molecule has 1 N–H and O–H groups in total. The highest BCUT2D eigenvalue weighted by atomic mass is 79.9. The van der Waals surface area contributed by atoms with Gasteiger partial charge in [0.1, 0.15) is 5.82 Å².